The number of nitrogens with two attached hydrogens (primary N) is 1. The second-order valence-corrected chi connectivity index (χ2v) is 9.81. The highest BCUT2D eigenvalue weighted by molar-refractivity contribution is 7.14. The number of fused-ring (bicyclic) bond motifs is 3. The molecule has 6 rings (SSSR count). The summed E-state index contributed by atoms with van der Waals surface area (Å²) in [7, 11) is 0. The van der Waals surface area contributed by atoms with Gasteiger partial charge in [-0.05, 0) is 36.7 Å². The fraction of sp³-hybridized carbons (Fsp3) is 0.261. The summed E-state index contributed by atoms with van der Waals surface area (Å²) in [6.07, 6.45) is -5.93. The van der Waals surface area contributed by atoms with E-state index in [0.717, 1.165) is 28.5 Å². The Labute approximate surface area is 225 Å². The number of nitrogens with zero attached hydrogens (tertiary/aromatic N) is 7. The highest BCUT2D eigenvalue weighted by Crippen LogP contribution is 2.32. The molecule has 1 aliphatic rings. The van der Waals surface area contributed by atoms with Gasteiger partial charge in [0, 0.05) is 17.6 Å². The van der Waals surface area contributed by atoms with E-state index in [0.29, 0.717) is 10.1 Å². The maximum atomic E-state index is 13.4. The van der Waals surface area contributed by atoms with Crippen molar-refractivity contribution in [2.75, 3.05) is 17.2 Å². The summed E-state index contributed by atoms with van der Waals surface area (Å²) in [6, 6.07) is 5.43. The molecule has 4 N–H and O–H groups in total. The molecule has 1 fully saturated rings. The highest BCUT2D eigenvalue weighted by atomic mass is 32.1. The second kappa shape index (κ2) is 9.32. The molecule has 17 heteroatoms. The van der Waals surface area contributed by atoms with E-state index in [9.17, 15) is 27.9 Å². The number of hydrogen-bond acceptors (Lipinski definition) is 11. The van der Waals surface area contributed by atoms with Crippen molar-refractivity contribution < 1.29 is 27.8 Å². The average Bonchev–Trinajstić information content (AvgIpc) is 3.56. The maximum absolute atomic E-state index is 13.4. The number of nitrogen functional groups attached to an aromatic ring is 1. The third-order valence-electron chi connectivity index (χ3n) is 6.30. The lowest BCUT2D eigenvalue weighted by Gasteiger charge is -2.36. The maximum Gasteiger partial charge on any atom is 0.435 e. The Morgan fingerprint density at radius 1 is 1.27 bits per heavy atom. The summed E-state index contributed by atoms with van der Waals surface area (Å²) in [5.41, 5.74) is 4.35. The number of carbonyl (C=O) groups is 1. The summed E-state index contributed by atoms with van der Waals surface area (Å²) in [6.45, 7) is 1.72. The van der Waals surface area contributed by atoms with Gasteiger partial charge in [0.05, 0.1) is 40.1 Å². The Morgan fingerprint density at radius 2 is 2.08 bits per heavy atom. The van der Waals surface area contributed by atoms with Gasteiger partial charge in [0.15, 0.2) is 17.6 Å². The molecule has 1 amide bonds. The van der Waals surface area contributed by atoms with E-state index in [4.69, 9.17) is 10.5 Å². The van der Waals surface area contributed by atoms with Crippen molar-refractivity contribution in [3.63, 3.8) is 0 Å². The number of H-pyrrole nitrogens is 1. The molecule has 3 unspecified atom stereocenters. The SMILES string of the molecule is CC1CN(c2ccn(-c3cnnc(C(F)(F)F)c3)n2)C(=O)C(C(O)c2nc3ccc4c(N)nsc4c3c(=O)[nH]2)O1. The molecule has 0 bridgehead atoms. The number of carbonyl (C=O) groups excluding carboxylic acids is 1. The van der Waals surface area contributed by atoms with Crippen LogP contribution in [0.25, 0.3) is 26.7 Å². The van der Waals surface area contributed by atoms with Crippen LogP contribution in [-0.4, -0.2) is 64.1 Å². The topological polar surface area (TPSA) is 178 Å². The van der Waals surface area contributed by atoms with Crippen molar-refractivity contribution in [3.05, 3.63) is 58.5 Å². The van der Waals surface area contributed by atoms with E-state index in [1.165, 1.54) is 17.2 Å². The van der Waals surface area contributed by atoms with Crippen LogP contribution in [0.3, 0.4) is 0 Å². The van der Waals surface area contributed by atoms with Gasteiger partial charge in [-0.2, -0.15) is 22.6 Å². The average molecular weight is 574 g/mol. The van der Waals surface area contributed by atoms with Crippen LogP contribution in [0.2, 0.25) is 0 Å². The lowest BCUT2D eigenvalue weighted by Crippen LogP contribution is -2.54. The molecule has 5 aromatic rings. The molecule has 0 aliphatic carbocycles. The number of rotatable bonds is 4. The van der Waals surface area contributed by atoms with Crippen molar-refractivity contribution in [2.24, 2.45) is 0 Å². The molecule has 5 heterocycles. The van der Waals surface area contributed by atoms with E-state index < -0.39 is 41.6 Å². The first-order chi connectivity index (χ1) is 19.0. The molecule has 1 aliphatic heterocycles. The number of aromatic nitrogens is 7. The first-order valence-electron chi connectivity index (χ1n) is 11.7. The normalized spacial score (nSPS) is 19.0. The van der Waals surface area contributed by atoms with Gasteiger partial charge < -0.3 is 20.6 Å². The Kier molecular flexibility index (Phi) is 6.00. The first-order valence-corrected chi connectivity index (χ1v) is 12.5. The molecule has 0 radical (unpaired) electrons. The van der Waals surface area contributed by atoms with Crippen LogP contribution in [0.5, 0.6) is 0 Å². The zero-order valence-electron chi connectivity index (χ0n) is 20.3. The molecule has 13 nitrogen and oxygen atoms in total. The lowest BCUT2D eigenvalue weighted by molar-refractivity contribution is -0.151. The number of anilines is 2. The Bertz CT molecular complexity index is 1840. The smallest absolute Gasteiger partial charge is 0.382 e. The number of alkyl halides is 3. The van der Waals surface area contributed by atoms with Gasteiger partial charge in [0.1, 0.15) is 17.7 Å². The van der Waals surface area contributed by atoms with Crippen LogP contribution in [0.1, 0.15) is 24.5 Å². The number of aliphatic hydroxyl groups is 1. The second-order valence-electron chi connectivity index (χ2n) is 9.03. The largest absolute Gasteiger partial charge is 0.435 e. The van der Waals surface area contributed by atoms with Crippen LogP contribution in [0.15, 0.2) is 41.5 Å². The van der Waals surface area contributed by atoms with Gasteiger partial charge in [0.2, 0.25) is 0 Å². The van der Waals surface area contributed by atoms with Gasteiger partial charge in [-0.15, -0.1) is 10.2 Å². The van der Waals surface area contributed by atoms with Crippen LogP contribution in [-0.2, 0) is 15.7 Å². The van der Waals surface area contributed by atoms with Crippen LogP contribution >= 0.6 is 11.5 Å². The van der Waals surface area contributed by atoms with E-state index in [2.05, 4.69) is 29.6 Å². The molecular formula is C23H18F3N9O4S. The van der Waals surface area contributed by atoms with Crippen LogP contribution < -0.4 is 16.2 Å². The minimum Gasteiger partial charge on any atom is -0.382 e. The van der Waals surface area contributed by atoms with Gasteiger partial charge in [0.25, 0.3) is 11.5 Å². The summed E-state index contributed by atoms with van der Waals surface area (Å²) in [5.74, 6) is -0.486. The Morgan fingerprint density at radius 3 is 2.85 bits per heavy atom. The fourth-order valence-corrected chi connectivity index (χ4v) is 5.28. The minimum atomic E-state index is -4.70. The predicted molar refractivity (Wildman–Crippen MR) is 136 cm³/mol. The third-order valence-corrected chi connectivity index (χ3v) is 7.19. The number of nitrogens with one attached hydrogen (secondary N) is 1. The quantitative estimate of drug-likeness (QED) is 0.288. The van der Waals surface area contributed by atoms with Crippen LogP contribution in [0.4, 0.5) is 24.8 Å². The van der Waals surface area contributed by atoms with Gasteiger partial charge in [-0.3, -0.25) is 14.5 Å². The predicted octanol–water partition coefficient (Wildman–Crippen LogP) is 1.96. The molecular weight excluding hydrogens is 555 g/mol. The number of amides is 1. The van der Waals surface area contributed by atoms with E-state index >= 15 is 0 Å². The molecule has 1 aromatic carbocycles. The third kappa shape index (κ3) is 4.33. The zero-order valence-corrected chi connectivity index (χ0v) is 21.1. The number of halogens is 3. The minimum absolute atomic E-state index is 0.0198. The van der Waals surface area contributed by atoms with Crippen LogP contribution in [0, 0.1) is 0 Å². The number of aliphatic hydroxyl groups excluding tert-OH is 1. The standard InChI is InChI=1S/C23H18F3N9O4S/c1-9-8-34(14-4-5-35(32-14)10-6-13(23(24,25)26)31-28-7-10)22(38)17(39-9)16(36)20-29-12-3-2-11-18(40-33-19(11)27)15(12)21(37)30-20/h2-7,9,16-17,36H,8H2,1H3,(H2,27,33)(H,29,30,37). The number of benzene rings is 1. The molecule has 0 saturated carbocycles. The lowest BCUT2D eigenvalue weighted by atomic mass is 10.1. The van der Waals surface area contributed by atoms with Gasteiger partial charge in [-0.1, -0.05) is 0 Å². The van der Waals surface area contributed by atoms with Crippen molar-refractivity contribution >= 4 is 50.1 Å². The molecule has 206 valence electrons. The zero-order chi connectivity index (χ0) is 28.3. The van der Waals surface area contributed by atoms with E-state index in [-0.39, 0.29) is 40.6 Å². The molecule has 1 saturated heterocycles. The summed E-state index contributed by atoms with van der Waals surface area (Å²) < 4.78 is 50.6. The highest BCUT2D eigenvalue weighted by Gasteiger charge is 2.41. The van der Waals surface area contributed by atoms with Gasteiger partial charge >= 0.3 is 6.18 Å². The first kappa shape index (κ1) is 25.8. The number of aromatic amines is 1. The summed E-state index contributed by atoms with van der Waals surface area (Å²) in [4.78, 5) is 34.5. The number of ether oxygens (including phenoxy) is 1. The molecule has 4 aromatic heterocycles. The number of morpholine rings is 1. The molecule has 40 heavy (non-hydrogen) atoms. The Balaban J connectivity index is 1.30. The number of hydrogen-bond donors (Lipinski definition) is 3. The van der Waals surface area contributed by atoms with E-state index in [1.54, 1.807) is 19.1 Å². The monoisotopic (exact) mass is 573 g/mol. The fourth-order valence-electron chi connectivity index (χ4n) is 4.44. The molecule has 3 atom stereocenters. The van der Waals surface area contributed by atoms with E-state index in [1.807, 2.05) is 0 Å². The van der Waals surface area contributed by atoms with Crippen molar-refractivity contribution in [3.8, 4) is 5.69 Å². The summed E-state index contributed by atoms with van der Waals surface area (Å²) in [5, 5.41) is 22.7. The van der Waals surface area contributed by atoms with Crippen molar-refractivity contribution in [1.29, 1.82) is 0 Å². The molecule has 0 spiro atoms. The van der Waals surface area contributed by atoms with Crippen molar-refractivity contribution in [2.45, 2.75) is 31.4 Å². The van der Waals surface area contributed by atoms with Gasteiger partial charge in [-0.25, -0.2) is 9.67 Å². The summed E-state index contributed by atoms with van der Waals surface area (Å²) >= 11 is 1.05. The van der Waals surface area contributed by atoms with Crippen molar-refractivity contribution in [1.82, 2.24) is 34.3 Å². The Hall–Kier alpha value is -4.48.